The van der Waals surface area contributed by atoms with Gasteiger partial charge in [0.25, 0.3) is 0 Å². The van der Waals surface area contributed by atoms with E-state index in [4.69, 9.17) is 4.74 Å². The molecule has 0 saturated heterocycles. The Hall–Kier alpha value is -1.13. The highest BCUT2D eigenvalue weighted by molar-refractivity contribution is 5.34. The second-order valence-corrected chi connectivity index (χ2v) is 4.70. The summed E-state index contributed by atoms with van der Waals surface area (Å²) in [5.41, 5.74) is 0.590. The van der Waals surface area contributed by atoms with Crippen molar-refractivity contribution in [3.8, 4) is 5.75 Å². The Bertz CT molecular complexity index is 371. The molecule has 0 spiro atoms. The van der Waals surface area contributed by atoms with Crippen LogP contribution >= 0.6 is 0 Å². The molecule has 3 nitrogen and oxygen atoms in total. The molecule has 0 heterocycles. The van der Waals surface area contributed by atoms with Crippen LogP contribution in [0.4, 0.5) is 4.39 Å². The lowest BCUT2D eigenvalue weighted by atomic mass is 10.1. The number of phenols is 1. The zero-order valence-corrected chi connectivity index (χ0v) is 11.8. The lowest BCUT2D eigenvalue weighted by molar-refractivity contribution is 0.128. The van der Waals surface area contributed by atoms with Gasteiger partial charge in [0.2, 0.25) is 0 Å². The van der Waals surface area contributed by atoms with Crippen molar-refractivity contribution in [2.24, 2.45) is 0 Å². The van der Waals surface area contributed by atoms with Gasteiger partial charge in [-0.15, -0.1) is 0 Å². The van der Waals surface area contributed by atoms with Crippen molar-refractivity contribution in [3.05, 3.63) is 29.6 Å². The van der Waals surface area contributed by atoms with E-state index < -0.39 is 0 Å². The molecule has 0 saturated carbocycles. The highest BCUT2D eigenvalue weighted by Crippen LogP contribution is 2.24. The first kappa shape index (κ1) is 15.9. The molecule has 108 valence electrons. The Balaban J connectivity index is 2.23. The van der Waals surface area contributed by atoms with Crippen LogP contribution in [0.25, 0.3) is 0 Å². The Morgan fingerprint density at radius 3 is 2.79 bits per heavy atom. The fourth-order valence-electron chi connectivity index (χ4n) is 1.82. The Morgan fingerprint density at radius 1 is 1.32 bits per heavy atom. The van der Waals surface area contributed by atoms with Crippen LogP contribution in [0.3, 0.4) is 0 Å². The molecule has 0 radical (unpaired) electrons. The van der Waals surface area contributed by atoms with Gasteiger partial charge in [0.05, 0.1) is 0 Å². The van der Waals surface area contributed by atoms with Crippen LogP contribution < -0.4 is 5.32 Å². The Labute approximate surface area is 114 Å². The maximum Gasteiger partial charge on any atom is 0.123 e. The molecule has 1 atom stereocenters. The molecule has 19 heavy (non-hydrogen) atoms. The van der Waals surface area contributed by atoms with Crippen molar-refractivity contribution in [1.29, 1.82) is 0 Å². The monoisotopic (exact) mass is 269 g/mol. The van der Waals surface area contributed by atoms with E-state index in [-0.39, 0.29) is 17.6 Å². The van der Waals surface area contributed by atoms with E-state index in [1.807, 2.05) is 6.92 Å². The summed E-state index contributed by atoms with van der Waals surface area (Å²) in [5, 5.41) is 12.9. The molecule has 2 N–H and O–H groups in total. The minimum absolute atomic E-state index is 0.0775. The Kier molecular flexibility index (Phi) is 7.45. The predicted molar refractivity (Wildman–Crippen MR) is 74.8 cm³/mol. The molecule has 0 bridgehead atoms. The number of hydrogen-bond acceptors (Lipinski definition) is 3. The third kappa shape index (κ3) is 6.03. The fourth-order valence-corrected chi connectivity index (χ4v) is 1.82. The smallest absolute Gasteiger partial charge is 0.123 e. The summed E-state index contributed by atoms with van der Waals surface area (Å²) < 4.78 is 18.6. The summed E-state index contributed by atoms with van der Waals surface area (Å²) in [5.74, 6) is -0.204. The summed E-state index contributed by atoms with van der Waals surface area (Å²) in [6.07, 6.45) is 3.15. The van der Waals surface area contributed by atoms with Crippen molar-refractivity contribution < 1.29 is 14.2 Å². The van der Waals surface area contributed by atoms with E-state index in [1.54, 1.807) is 0 Å². The molecule has 0 aliphatic heterocycles. The molecule has 1 aromatic carbocycles. The molecular formula is C15H24FNO2. The number of hydrogen-bond donors (Lipinski definition) is 2. The quantitative estimate of drug-likeness (QED) is 0.675. The number of benzene rings is 1. The van der Waals surface area contributed by atoms with Gasteiger partial charge >= 0.3 is 0 Å². The fraction of sp³-hybridized carbons (Fsp3) is 0.600. The van der Waals surface area contributed by atoms with Crippen LogP contribution in [0.5, 0.6) is 5.75 Å². The van der Waals surface area contributed by atoms with Crippen LogP contribution in [0.2, 0.25) is 0 Å². The average Bonchev–Trinajstić information content (AvgIpc) is 2.40. The predicted octanol–water partition coefficient (Wildman–Crippen LogP) is 3.39. The van der Waals surface area contributed by atoms with E-state index in [9.17, 15) is 9.50 Å². The van der Waals surface area contributed by atoms with Crippen molar-refractivity contribution in [2.45, 2.75) is 39.2 Å². The molecule has 1 unspecified atom stereocenters. The van der Waals surface area contributed by atoms with Crippen molar-refractivity contribution in [2.75, 3.05) is 19.8 Å². The maximum atomic E-state index is 13.1. The van der Waals surface area contributed by atoms with Crippen LogP contribution in [-0.4, -0.2) is 24.9 Å². The number of rotatable bonds is 9. The van der Waals surface area contributed by atoms with E-state index in [0.717, 1.165) is 39.0 Å². The molecule has 0 aliphatic rings. The number of phenolic OH excluding ortho intramolecular Hbond substituents is 1. The topological polar surface area (TPSA) is 41.5 Å². The van der Waals surface area contributed by atoms with Crippen molar-refractivity contribution >= 4 is 0 Å². The van der Waals surface area contributed by atoms with Crippen LogP contribution in [0.15, 0.2) is 18.2 Å². The van der Waals surface area contributed by atoms with E-state index in [1.165, 1.54) is 18.2 Å². The number of nitrogens with one attached hydrogen (secondary N) is 1. The lowest BCUT2D eigenvalue weighted by Crippen LogP contribution is -2.21. The third-order valence-electron chi connectivity index (χ3n) is 3.01. The second kappa shape index (κ2) is 8.88. The zero-order valence-electron chi connectivity index (χ0n) is 11.8. The SMILES string of the molecule is CCCCOCCCNC(C)c1cc(F)ccc1O. The summed E-state index contributed by atoms with van der Waals surface area (Å²) in [7, 11) is 0. The van der Waals surface area contributed by atoms with Gasteiger partial charge < -0.3 is 15.2 Å². The molecule has 0 amide bonds. The lowest BCUT2D eigenvalue weighted by Gasteiger charge is -2.15. The molecule has 1 aromatic rings. The highest BCUT2D eigenvalue weighted by Gasteiger charge is 2.10. The van der Waals surface area contributed by atoms with Gasteiger partial charge in [0.15, 0.2) is 0 Å². The van der Waals surface area contributed by atoms with Crippen molar-refractivity contribution in [1.82, 2.24) is 5.32 Å². The van der Waals surface area contributed by atoms with Gasteiger partial charge in [-0.2, -0.15) is 0 Å². The molecule has 0 aromatic heterocycles. The highest BCUT2D eigenvalue weighted by atomic mass is 19.1. The van der Waals surface area contributed by atoms with Gasteiger partial charge in [-0.05, 0) is 44.5 Å². The zero-order chi connectivity index (χ0) is 14.1. The maximum absolute atomic E-state index is 13.1. The molecule has 4 heteroatoms. The first-order chi connectivity index (χ1) is 9.15. The molecular weight excluding hydrogens is 245 g/mol. The summed E-state index contributed by atoms with van der Waals surface area (Å²) in [6.45, 7) is 6.37. The van der Waals surface area contributed by atoms with Gasteiger partial charge in [-0.1, -0.05) is 13.3 Å². The largest absolute Gasteiger partial charge is 0.508 e. The van der Waals surface area contributed by atoms with Crippen LogP contribution in [0.1, 0.15) is 44.7 Å². The Morgan fingerprint density at radius 2 is 2.05 bits per heavy atom. The standard InChI is InChI=1S/C15H24FNO2/c1-3-4-9-19-10-5-8-17-12(2)14-11-13(16)6-7-15(14)18/h6-7,11-12,17-18H,3-5,8-10H2,1-2H3. The first-order valence-corrected chi connectivity index (χ1v) is 6.94. The first-order valence-electron chi connectivity index (χ1n) is 6.94. The van der Waals surface area contributed by atoms with E-state index in [2.05, 4.69) is 12.2 Å². The van der Waals surface area contributed by atoms with E-state index >= 15 is 0 Å². The average molecular weight is 269 g/mol. The van der Waals surface area contributed by atoms with Gasteiger partial charge in [0.1, 0.15) is 11.6 Å². The number of aromatic hydroxyl groups is 1. The van der Waals surface area contributed by atoms with E-state index in [0.29, 0.717) is 5.56 Å². The normalized spacial score (nSPS) is 12.6. The second-order valence-electron chi connectivity index (χ2n) is 4.70. The minimum Gasteiger partial charge on any atom is -0.508 e. The molecule has 0 fully saturated rings. The van der Waals surface area contributed by atoms with Crippen LogP contribution in [-0.2, 0) is 4.74 Å². The summed E-state index contributed by atoms with van der Waals surface area (Å²) in [6, 6.07) is 3.93. The number of halogens is 1. The number of unbranched alkanes of at least 4 members (excludes halogenated alkanes) is 1. The minimum atomic E-state index is -0.329. The third-order valence-corrected chi connectivity index (χ3v) is 3.01. The molecule has 1 rings (SSSR count). The number of ether oxygens (including phenoxy) is 1. The van der Waals surface area contributed by atoms with Crippen molar-refractivity contribution in [3.63, 3.8) is 0 Å². The van der Waals surface area contributed by atoms with Gasteiger partial charge in [-0.25, -0.2) is 4.39 Å². The molecule has 0 aliphatic carbocycles. The summed E-state index contributed by atoms with van der Waals surface area (Å²) >= 11 is 0. The summed E-state index contributed by atoms with van der Waals surface area (Å²) in [4.78, 5) is 0. The van der Waals surface area contributed by atoms with Crippen LogP contribution in [0, 0.1) is 5.82 Å². The van der Waals surface area contributed by atoms with Gasteiger partial charge in [-0.3, -0.25) is 0 Å². The van der Waals surface area contributed by atoms with Gasteiger partial charge in [0, 0.05) is 24.8 Å².